The summed E-state index contributed by atoms with van der Waals surface area (Å²) in [6.07, 6.45) is 1.74. The summed E-state index contributed by atoms with van der Waals surface area (Å²) in [5.74, 6) is 0. The van der Waals surface area contributed by atoms with Crippen LogP contribution in [0.1, 0.15) is 46.1 Å². The van der Waals surface area contributed by atoms with Crippen molar-refractivity contribution in [3.63, 3.8) is 0 Å². The molecule has 1 aliphatic carbocycles. The second-order valence-electron chi connectivity index (χ2n) is 7.81. The minimum atomic E-state index is -0.00767. The average Bonchev–Trinajstić information content (AvgIpc) is 2.85. The quantitative estimate of drug-likeness (QED) is 0.492. The van der Waals surface area contributed by atoms with Crippen molar-refractivity contribution >= 4 is 14.5 Å². The molecule has 2 aromatic rings. The summed E-state index contributed by atoms with van der Waals surface area (Å²) in [6.45, 7) is 9.07. The summed E-state index contributed by atoms with van der Waals surface area (Å²) in [5, 5.41) is 18.3. The number of aliphatic hydroxyl groups excluding tert-OH is 1. The molecule has 0 bridgehead atoms. The molecule has 0 aliphatic heterocycles. The van der Waals surface area contributed by atoms with Crippen molar-refractivity contribution < 1.29 is 54.6 Å². The van der Waals surface area contributed by atoms with E-state index in [0.717, 1.165) is 12.8 Å². The third kappa shape index (κ3) is 5.07. The SMILES string of the molecule is CC(CCCO)=c1ccc2c(c1NC(C)(C)C)[C]([Zr+2])=c1ccccc1=2.[Cl-].[Cl-]. The normalized spacial score (nSPS) is 13.2. The van der Waals surface area contributed by atoms with Crippen LogP contribution in [0.3, 0.4) is 0 Å². The molecule has 0 unspecified atom stereocenters. The molecule has 2 nitrogen and oxygen atoms in total. The molecule has 2 aromatic carbocycles. The Bertz CT molecular complexity index is 1030. The van der Waals surface area contributed by atoms with Crippen molar-refractivity contribution in [2.45, 2.75) is 46.1 Å². The zero-order valence-corrected chi connectivity index (χ0v) is 20.3. The molecular weight excluding hydrogens is 456 g/mol. The Kier molecular flexibility index (Phi) is 8.82. The molecule has 0 saturated carbocycles. The van der Waals surface area contributed by atoms with Crippen molar-refractivity contribution in [1.29, 1.82) is 0 Å². The Morgan fingerprint density at radius 2 is 1.63 bits per heavy atom. The molecule has 2 N–H and O–H groups in total. The zero-order valence-electron chi connectivity index (χ0n) is 16.3. The van der Waals surface area contributed by atoms with E-state index in [-0.39, 0.29) is 37.0 Å². The van der Waals surface area contributed by atoms with Crippen molar-refractivity contribution in [3.05, 3.63) is 62.8 Å². The molecule has 0 spiro atoms. The number of hydrogen-bond acceptors (Lipinski definition) is 2. The van der Waals surface area contributed by atoms with E-state index in [2.05, 4.69) is 69.4 Å². The van der Waals surface area contributed by atoms with Gasteiger partial charge in [0.2, 0.25) is 0 Å². The summed E-state index contributed by atoms with van der Waals surface area (Å²) in [6, 6.07) is 13.3. The molecule has 0 saturated heterocycles. The van der Waals surface area contributed by atoms with Crippen molar-refractivity contribution in [2.75, 3.05) is 11.9 Å². The zero-order chi connectivity index (χ0) is 18.2. The predicted molar refractivity (Wildman–Crippen MR) is 101 cm³/mol. The molecule has 3 rings (SSSR count). The first kappa shape index (κ1) is 24.4. The van der Waals surface area contributed by atoms with Crippen LogP contribution in [-0.4, -0.2) is 17.3 Å². The Morgan fingerprint density at radius 3 is 2.22 bits per heavy atom. The van der Waals surface area contributed by atoms with Crippen LogP contribution in [0.4, 0.5) is 5.69 Å². The van der Waals surface area contributed by atoms with Crippen LogP contribution in [0.2, 0.25) is 0 Å². The largest absolute Gasteiger partial charge is 1.00 e. The Labute approximate surface area is 189 Å². The van der Waals surface area contributed by atoms with Crippen LogP contribution in [-0.2, 0) is 24.7 Å². The van der Waals surface area contributed by atoms with Gasteiger partial charge in [-0.15, -0.1) is 0 Å². The van der Waals surface area contributed by atoms with Gasteiger partial charge in [0, 0.05) is 0 Å². The molecule has 0 fully saturated rings. The molecular formula is C22H26Cl2NOZr. The van der Waals surface area contributed by atoms with Crippen LogP contribution in [0.25, 0.3) is 8.85 Å². The van der Waals surface area contributed by atoms with E-state index in [9.17, 15) is 5.11 Å². The number of aliphatic hydroxyl groups is 1. The fraction of sp³-hybridized carbons (Fsp3) is 0.364. The number of rotatable bonds is 4. The minimum Gasteiger partial charge on any atom is -1.00 e. The van der Waals surface area contributed by atoms with E-state index in [4.69, 9.17) is 0 Å². The average molecular weight is 483 g/mol. The van der Waals surface area contributed by atoms with Crippen molar-refractivity contribution in [2.24, 2.45) is 0 Å². The van der Waals surface area contributed by atoms with Gasteiger partial charge in [0.15, 0.2) is 0 Å². The Hall–Kier alpha value is -0.597. The molecule has 0 amide bonds. The second-order valence-corrected chi connectivity index (χ2v) is 9.04. The topological polar surface area (TPSA) is 32.3 Å². The maximum Gasteiger partial charge on any atom is -1.00 e. The fourth-order valence-electron chi connectivity index (χ4n) is 3.50. The van der Waals surface area contributed by atoms with E-state index in [1.165, 1.54) is 65.7 Å². The van der Waals surface area contributed by atoms with E-state index >= 15 is 0 Å². The number of halogens is 2. The van der Waals surface area contributed by atoms with Crippen molar-refractivity contribution in [1.82, 2.24) is 0 Å². The fourth-order valence-corrected chi connectivity index (χ4v) is 4.67. The third-order valence-electron chi connectivity index (χ3n) is 4.61. The standard InChI is InChI=1S/C22H26NO.2ClH.Zr/c1-15(8-7-13-24)17-11-12-19-18-10-6-5-9-16(18)14-20(19)21(17)23-22(2,3)4;;;/h5-6,9-12,23-24H,7-8,13H2,1-4H3;2*1H;/q;;;+2/p-2. The van der Waals surface area contributed by atoms with Gasteiger partial charge in [-0.05, 0) is 0 Å². The maximum absolute atomic E-state index is 9.20. The number of fused-ring (bicyclic) bond motifs is 2. The smallest absolute Gasteiger partial charge is 1.00 e. The van der Waals surface area contributed by atoms with Gasteiger partial charge in [0.1, 0.15) is 0 Å². The summed E-state index contributed by atoms with van der Waals surface area (Å²) in [4.78, 5) is 0. The Morgan fingerprint density at radius 1 is 1.00 bits per heavy atom. The molecule has 1 aliphatic rings. The van der Waals surface area contributed by atoms with Crippen LogP contribution < -0.4 is 40.6 Å². The van der Waals surface area contributed by atoms with Gasteiger partial charge < -0.3 is 24.8 Å². The Balaban J connectivity index is 0.00000182. The second kappa shape index (κ2) is 9.74. The van der Waals surface area contributed by atoms with E-state index in [0.29, 0.717) is 0 Å². The van der Waals surface area contributed by atoms with Gasteiger partial charge in [-0.1, -0.05) is 0 Å². The van der Waals surface area contributed by atoms with Crippen molar-refractivity contribution in [3.8, 4) is 0 Å². The van der Waals surface area contributed by atoms with Gasteiger partial charge in [-0.25, -0.2) is 0 Å². The van der Waals surface area contributed by atoms with E-state index < -0.39 is 0 Å². The number of benzene rings is 2. The van der Waals surface area contributed by atoms with Crippen LogP contribution in [0, 0.1) is 10.4 Å². The number of anilines is 1. The summed E-state index contributed by atoms with van der Waals surface area (Å²) in [5.41, 5.74) is 3.95. The molecule has 143 valence electrons. The molecule has 5 heteroatoms. The molecule has 27 heavy (non-hydrogen) atoms. The van der Waals surface area contributed by atoms with Gasteiger partial charge >= 0.3 is 165 Å². The van der Waals surface area contributed by atoms with Gasteiger partial charge in [0.05, 0.1) is 0 Å². The maximum atomic E-state index is 9.20. The monoisotopic (exact) mass is 480 g/mol. The third-order valence-corrected chi connectivity index (χ3v) is 5.89. The molecule has 0 aromatic heterocycles. The number of hydrogen-bond donors (Lipinski definition) is 2. The van der Waals surface area contributed by atoms with Gasteiger partial charge in [0.25, 0.3) is 0 Å². The van der Waals surface area contributed by atoms with Crippen LogP contribution in [0.15, 0.2) is 36.4 Å². The first-order chi connectivity index (χ1) is 11.8. The summed E-state index contributed by atoms with van der Waals surface area (Å²) in [7, 11) is 0. The van der Waals surface area contributed by atoms with E-state index in [1.807, 2.05) is 0 Å². The minimum absolute atomic E-state index is 0. The number of nitrogens with one attached hydrogen (secondary N) is 1. The van der Waals surface area contributed by atoms with E-state index in [1.54, 1.807) is 0 Å². The predicted octanol–water partition coefficient (Wildman–Crippen LogP) is -2.85. The van der Waals surface area contributed by atoms with Gasteiger partial charge in [-0.3, -0.25) is 0 Å². The first-order valence-electron chi connectivity index (χ1n) is 8.91. The molecule has 0 atom stereocenters. The summed E-state index contributed by atoms with van der Waals surface area (Å²) >= 11 is 1.45. The first-order valence-corrected chi connectivity index (χ1v) is 10.1. The van der Waals surface area contributed by atoms with Crippen LogP contribution >= 0.6 is 0 Å². The van der Waals surface area contributed by atoms with Crippen LogP contribution in [0.5, 0.6) is 0 Å². The molecule has 0 heterocycles. The van der Waals surface area contributed by atoms with Gasteiger partial charge in [-0.2, -0.15) is 0 Å². The summed E-state index contributed by atoms with van der Waals surface area (Å²) < 4.78 is 1.43. The molecule has 0 radical (unpaired) electrons.